The molecule has 14 heteroatoms. The number of nitrogens with zero attached hydrogens (tertiary/aromatic N) is 3. The van der Waals surface area contributed by atoms with Crippen molar-refractivity contribution in [1.82, 2.24) is 15.5 Å². The zero-order chi connectivity index (χ0) is 37.3. The number of Topliss-reactive ketones (excluding diaryl/α,β-unsaturated/α-hetero) is 2. The molecule has 3 aromatic carbocycles. The molecule has 0 radical (unpaired) electrons. The molecule has 12 nitrogen and oxygen atoms in total. The molecule has 1 aliphatic heterocycles. The molecular weight excluding hydrogens is 708 g/mol. The van der Waals surface area contributed by atoms with Crippen molar-refractivity contribution >= 4 is 46.5 Å². The fourth-order valence-electron chi connectivity index (χ4n) is 6.71. The van der Waals surface area contributed by atoms with Crippen molar-refractivity contribution in [2.45, 2.75) is 42.6 Å². The van der Waals surface area contributed by atoms with Gasteiger partial charge < -0.3 is 34.1 Å². The number of aromatic nitrogens is 2. The number of ether oxygens (including phenoxy) is 3. The summed E-state index contributed by atoms with van der Waals surface area (Å²) in [5.41, 5.74) is 0.421. The van der Waals surface area contributed by atoms with E-state index < -0.39 is 40.7 Å². The highest BCUT2D eigenvalue weighted by molar-refractivity contribution is 7.98. The number of fused-ring (bicyclic) bond motifs is 1. The lowest BCUT2D eigenvalue weighted by atomic mass is 9.69. The molecule has 2 heterocycles. The highest BCUT2D eigenvalue weighted by Crippen LogP contribution is 2.55. The third-order valence-corrected chi connectivity index (χ3v) is 10.6. The van der Waals surface area contributed by atoms with Crippen molar-refractivity contribution in [3.05, 3.63) is 88.0 Å². The molecule has 0 fully saturated rings. The third kappa shape index (κ3) is 6.58. The van der Waals surface area contributed by atoms with Gasteiger partial charge in [0.15, 0.2) is 17.3 Å². The van der Waals surface area contributed by atoms with E-state index in [1.54, 1.807) is 6.92 Å². The Labute approximate surface area is 310 Å². The molecule has 4 aromatic rings. The minimum atomic E-state index is -1.98. The summed E-state index contributed by atoms with van der Waals surface area (Å²) in [7, 11) is 6.72. The Morgan fingerprint density at radius 2 is 1.81 bits per heavy atom. The minimum absolute atomic E-state index is 0.0108. The molecule has 52 heavy (non-hydrogen) atoms. The van der Waals surface area contributed by atoms with Crippen molar-refractivity contribution < 1.29 is 38.2 Å². The number of aliphatic hydroxyl groups is 1. The van der Waals surface area contributed by atoms with E-state index in [4.69, 9.17) is 30.3 Å². The normalized spacial score (nSPS) is 18.6. The SMILES string of the molecule is COc1cc(OC)c2c(c1Cl)OC1(C2=O)C(O)=C(C(CC(=O)NCCc2nc(-c3ccc(N(C)C)cc3)no2)c2ccc(SC)cc2)C(=O)CC1C. The second-order valence-corrected chi connectivity index (χ2v) is 14.1. The van der Waals surface area contributed by atoms with Gasteiger partial charge in [-0.25, -0.2) is 0 Å². The van der Waals surface area contributed by atoms with Gasteiger partial charge in [-0.15, -0.1) is 11.8 Å². The number of anilines is 1. The number of halogens is 1. The zero-order valence-electron chi connectivity index (χ0n) is 29.6. The summed E-state index contributed by atoms with van der Waals surface area (Å²) >= 11 is 8.15. The number of rotatable bonds is 12. The molecule has 3 unspecified atom stereocenters. The van der Waals surface area contributed by atoms with Gasteiger partial charge in [0.25, 0.3) is 0 Å². The van der Waals surface area contributed by atoms with Crippen LogP contribution in [0.4, 0.5) is 5.69 Å². The summed E-state index contributed by atoms with van der Waals surface area (Å²) in [6, 6.07) is 16.6. The van der Waals surface area contributed by atoms with E-state index in [0.29, 0.717) is 17.3 Å². The molecule has 0 saturated heterocycles. The molecule has 6 rings (SSSR count). The van der Waals surface area contributed by atoms with Gasteiger partial charge in [-0.1, -0.05) is 35.8 Å². The summed E-state index contributed by atoms with van der Waals surface area (Å²) in [5.74, 6) is -2.53. The van der Waals surface area contributed by atoms with E-state index in [1.165, 1.54) is 32.0 Å². The Bertz CT molecular complexity index is 2050. The van der Waals surface area contributed by atoms with E-state index in [9.17, 15) is 19.5 Å². The van der Waals surface area contributed by atoms with Crippen LogP contribution in [0.5, 0.6) is 17.2 Å². The molecule has 1 spiro atoms. The van der Waals surface area contributed by atoms with Gasteiger partial charge in [0.05, 0.1) is 14.2 Å². The molecular formula is C38H39ClN4O8S. The lowest BCUT2D eigenvalue weighted by molar-refractivity contribution is -0.121. The number of ketones is 2. The van der Waals surface area contributed by atoms with Gasteiger partial charge in [0.2, 0.25) is 29.0 Å². The Morgan fingerprint density at radius 1 is 1.12 bits per heavy atom. The molecule has 1 aromatic heterocycles. The summed E-state index contributed by atoms with van der Waals surface area (Å²) in [6.07, 6.45) is 1.86. The van der Waals surface area contributed by atoms with E-state index in [2.05, 4.69) is 15.5 Å². The molecule has 2 aliphatic rings. The molecule has 1 amide bonds. The first-order valence-electron chi connectivity index (χ1n) is 16.6. The Kier molecular flexibility index (Phi) is 10.5. The third-order valence-electron chi connectivity index (χ3n) is 9.54. The van der Waals surface area contributed by atoms with Crippen LogP contribution in [0.1, 0.15) is 47.5 Å². The van der Waals surface area contributed by atoms with Crippen LogP contribution in [-0.2, 0) is 16.0 Å². The fourth-order valence-corrected chi connectivity index (χ4v) is 7.38. The van der Waals surface area contributed by atoms with E-state index >= 15 is 0 Å². The standard InChI is InChI=1S/C38H39ClN4O8S/c1-20-17-26(44)31(35(46)38(20)36(47)32-27(48-4)19-28(49-5)33(39)34(32)50-38)25(21-9-13-24(52-6)14-10-21)18-29(45)40-16-15-30-41-37(42-51-30)22-7-11-23(12-8-22)43(2)3/h7-14,19-20,25,46H,15-18H2,1-6H3,(H,40,45). The number of aliphatic hydroxyl groups excluding tert-OH is 1. The van der Waals surface area contributed by atoms with Gasteiger partial charge in [0.1, 0.15) is 22.1 Å². The number of allylic oxidation sites excluding steroid dienone is 1. The quantitative estimate of drug-likeness (QED) is 0.153. The van der Waals surface area contributed by atoms with Crippen LogP contribution in [0, 0.1) is 5.92 Å². The number of hydrogen-bond donors (Lipinski definition) is 2. The van der Waals surface area contributed by atoms with Crippen molar-refractivity contribution in [2.75, 3.05) is 46.0 Å². The number of thioether (sulfide) groups is 1. The minimum Gasteiger partial charge on any atom is -0.507 e. The second-order valence-electron chi connectivity index (χ2n) is 12.8. The van der Waals surface area contributed by atoms with Crippen LogP contribution in [0.15, 0.2) is 75.3 Å². The highest BCUT2D eigenvalue weighted by atomic mass is 35.5. The lowest BCUT2D eigenvalue weighted by Gasteiger charge is -2.38. The molecule has 2 N–H and O–H groups in total. The number of benzene rings is 3. The van der Waals surface area contributed by atoms with Crippen LogP contribution >= 0.6 is 23.4 Å². The average Bonchev–Trinajstić information content (AvgIpc) is 3.74. The predicted molar refractivity (Wildman–Crippen MR) is 197 cm³/mol. The van der Waals surface area contributed by atoms with Gasteiger partial charge in [-0.05, 0) is 48.2 Å². The molecule has 0 saturated carbocycles. The number of hydrogen-bond acceptors (Lipinski definition) is 12. The van der Waals surface area contributed by atoms with Crippen LogP contribution in [0.2, 0.25) is 5.02 Å². The smallest absolute Gasteiger partial charge is 0.231 e. The summed E-state index contributed by atoms with van der Waals surface area (Å²) in [5, 5.41) is 19.1. The Morgan fingerprint density at radius 3 is 2.44 bits per heavy atom. The van der Waals surface area contributed by atoms with Gasteiger partial charge in [-0.2, -0.15) is 4.98 Å². The molecule has 272 valence electrons. The highest BCUT2D eigenvalue weighted by Gasteiger charge is 2.61. The van der Waals surface area contributed by atoms with Crippen LogP contribution in [0.3, 0.4) is 0 Å². The predicted octanol–water partition coefficient (Wildman–Crippen LogP) is 6.46. The van der Waals surface area contributed by atoms with Gasteiger partial charge >= 0.3 is 0 Å². The first kappa shape index (κ1) is 36.8. The molecule has 3 atom stereocenters. The number of methoxy groups -OCH3 is 2. The van der Waals surface area contributed by atoms with Crippen molar-refractivity contribution in [3.63, 3.8) is 0 Å². The number of carbonyl (C=O) groups excluding carboxylic acids is 3. The maximum atomic E-state index is 14.3. The number of carbonyl (C=O) groups is 3. The Hall–Kier alpha value is -5.01. The van der Waals surface area contributed by atoms with Gasteiger partial charge in [-0.3, -0.25) is 14.4 Å². The van der Waals surface area contributed by atoms with E-state index in [0.717, 1.165) is 16.1 Å². The monoisotopic (exact) mass is 746 g/mol. The average molecular weight is 747 g/mol. The maximum Gasteiger partial charge on any atom is 0.231 e. The van der Waals surface area contributed by atoms with Crippen molar-refractivity contribution in [2.24, 2.45) is 5.92 Å². The maximum absolute atomic E-state index is 14.3. The van der Waals surface area contributed by atoms with Gasteiger partial charge in [0, 0.05) is 79.5 Å². The second kappa shape index (κ2) is 14.9. The summed E-state index contributed by atoms with van der Waals surface area (Å²) in [4.78, 5) is 49.2. The van der Waals surface area contributed by atoms with Crippen LogP contribution in [-0.4, -0.2) is 79.4 Å². The lowest BCUT2D eigenvalue weighted by Crippen LogP contribution is -2.53. The molecule has 0 bridgehead atoms. The summed E-state index contributed by atoms with van der Waals surface area (Å²) in [6.45, 7) is 1.83. The summed E-state index contributed by atoms with van der Waals surface area (Å²) < 4.78 is 22.6. The number of amides is 1. The van der Waals surface area contributed by atoms with Crippen molar-refractivity contribution in [3.8, 4) is 28.6 Å². The zero-order valence-corrected chi connectivity index (χ0v) is 31.2. The van der Waals surface area contributed by atoms with Crippen molar-refractivity contribution in [1.29, 1.82) is 0 Å². The van der Waals surface area contributed by atoms with Crippen LogP contribution < -0.4 is 24.4 Å². The van der Waals surface area contributed by atoms with E-state index in [1.807, 2.05) is 73.8 Å². The Balaban J connectivity index is 1.28. The fraction of sp³-hybridized carbons (Fsp3) is 0.342. The topological polar surface area (TPSA) is 153 Å². The van der Waals surface area contributed by atoms with E-state index in [-0.39, 0.29) is 59.2 Å². The first-order valence-corrected chi connectivity index (χ1v) is 18.2. The molecule has 1 aliphatic carbocycles. The largest absolute Gasteiger partial charge is 0.507 e. The first-order chi connectivity index (χ1) is 24.9. The number of nitrogens with one attached hydrogen (secondary N) is 1. The van der Waals surface area contributed by atoms with Crippen LogP contribution in [0.25, 0.3) is 11.4 Å².